The average molecular weight is 437 g/mol. The molecule has 2 heterocycles. The van der Waals surface area contributed by atoms with Crippen LogP contribution in [0.3, 0.4) is 0 Å². The minimum atomic E-state index is -0.410. The Labute approximate surface area is 191 Å². The van der Waals surface area contributed by atoms with E-state index in [0.717, 1.165) is 28.1 Å². The summed E-state index contributed by atoms with van der Waals surface area (Å²) in [5, 5.41) is 22.7. The first-order valence-electron chi connectivity index (χ1n) is 10.8. The molecule has 6 nitrogen and oxygen atoms in total. The lowest BCUT2D eigenvalue weighted by Crippen LogP contribution is -2.41. The van der Waals surface area contributed by atoms with Crippen LogP contribution in [-0.2, 0) is 17.6 Å². The van der Waals surface area contributed by atoms with Crippen molar-refractivity contribution in [3.05, 3.63) is 113 Å². The van der Waals surface area contributed by atoms with Gasteiger partial charge < -0.3 is 15.5 Å². The van der Waals surface area contributed by atoms with Crippen LogP contribution in [0.4, 0.5) is 0 Å². The summed E-state index contributed by atoms with van der Waals surface area (Å²) >= 11 is 0. The summed E-state index contributed by atoms with van der Waals surface area (Å²) in [6, 6.07) is 23.8. The minimum absolute atomic E-state index is 0.0589. The van der Waals surface area contributed by atoms with Gasteiger partial charge >= 0.3 is 0 Å². The van der Waals surface area contributed by atoms with Gasteiger partial charge in [0.05, 0.1) is 17.3 Å². The number of phenolic OH excluding ortho intramolecular Hbond substituents is 2. The second-order valence-electron chi connectivity index (χ2n) is 8.14. The molecule has 2 aliphatic heterocycles. The molecule has 1 amide bonds. The van der Waals surface area contributed by atoms with Crippen molar-refractivity contribution in [3.8, 4) is 11.5 Å². The maximum Gasteiger partial charge on any atom is 0.241 e. The van der Waals surface area contributed by atoms with Gasteiger partial charge in [0.15, 0.2) is 5.82 Å². The topological polar surface area (TPSA) is 85.2 Å². The molecule has 0 saturated carbocycles. The zero-order valence-corrected chi connectivity index (χ0v) is 17.8. The molecule has 1 unspecified atom stereocenters. The molecule has 6 heteroatoms. The van der Waals surface area contributed by atoms with Crippen LogP contribution in [0.1, 0.15) is 16.7 Å². The van der Waals surface area contributed by atoms with Crippen molar-refractivity contribution in [3.63, 3.8) is 0 Å². The number of aromatic hydroxyl groups is 2. The van der Waals surface area contributed by atoms with Gasteiger partial charge in [0.25, 0.3) is 0 Å². The second kappa shape index (κ2) is 8.67. The van der Waals surface area contributed by atoms with Crippen LogP contribution in [0.15, 0.2) is 102 Å². The van der Waals surface area contributed by atoms with Crippen LogP contribution in [0.25, 0.3) is 5.70 Å². The number of nitrogens with one attached hydrogen (secondary N) is 1. The molecule has 3 aromatic carbocycles. The second-order valence-corrected chi connectivity index (χ2v) is 8.14. The minimum Gasteiger partial charge on any atom is -0.508 e. The summed E-state index contributed by atoms with van der Waals surface area (Å²) in [6.07, 6.45) is 4.58. The lowest BCUT2D eigenvalue weighted by Gasteiger charge is -2.34. The zero-order chi connectivity index (χ0) is 22.8. The Morgan fingerprint density at radius 1 is 0.848 bits per heavy atom. The number of rotatable bonds is 5. The van der Waals surface area contributed by atoms with Crippen molar-refractivity contribution in [2.75, 3.05) is 0 Å². The van der Waals surface area contributed by atoms with Gasteiger partial charge in [-0.1, -0.05) is 42.5 Å². The van der Waals surface area contributed by atoms with Crippen LogP contribution in [0.5, 0.6) is 11.5 Å². The van der Waals surface area contributed by atoms with Gasteiger partial charge in [-0.3, -0.25) is 9.69 Å². The number of fused-ring (bicyclic) bond motifs is 1. The normalized spacial score (nSPS) is 17.5. The molecule has 0 aromatic heterocycles. The van der Waals surface area contributed by atoms with Gasteiger partial charge in [0.2, 0.25) is 5.91 Å². The van der Waals surface area contributed by atoms with Crippen LogP contribution in [0, 0.1) is 5.92 Å². The van der Waals surface area contributed by atoms with E-state index in [1.807, 2.05) is 54.6 Å². The summed E-state index contributed by atoms with van der Waals surface area (Å²) in [7, 11) is 0. The lowest BCUT2D eigenvalue weighted by atomic mass is 9.96. The number of amides is 1. The quantitative estimate of drug-likeness (QED) is 0.559. The molecule has 0 fully saturated rings. The highest BCUT2D eigenvalue weighted by molar-refractivity contribution is 5.98. The molecule has 0 bridgehead atoms. The summed E-state index contributed by atoms with van der Waals surface area (Å²) in [5.41, 5.74) is 4.51. The third kappa shape index (κ3) is 4.36. The van der Waals surface area contributed by atoms with Gasteiger partial charge in [0.1, 0.15) is 11.5 Å². The van der Waals surface area contributed by atoms with Crippen LogP contribution < -0.4 is 5.32 Å². The number of aliphatic imine (C=N–C) groups is 1. The Morgan fingerprint density at radius 3 is 2.21 bits per heavy atom. The fraction of sp³-hybridized carbons (Fsp3) is 0.111. The predicted molar refractivity (Wildman–Crippen MR) is 127 cm³/mol. The van der Waals surface area contributed by atoms with E-state index in [-0.39, 0.29) is 17.4 Å². The van der Waals surface area contributed by atoms with Crippen molar-refractivity contribution in [1.82, 2.24) is 10.2 Å². The summed E-state index contributed by atoms with van der Waals surface area (Å²) in [5.74, 6) is 0.502. The number of allylic oxidation sites excluding steroid dienone is 1. The van der Waals surface area contributed by atoms with E-state index in [1.54, 1.807) is 41.6 Å². The number of hydrogen-bond donors (Lipinski definition) is 3. The van der Waals surface area contributed by atoms with Crippen LogP contribution in [0.2, 0.25) is 0 Å². The molecule has 33 heavy (non-hydrogen) atoms. The first kappa shape index (κ1) is 20.6. The maximum atomic E-state index is 13.5. The number of benzene rings is 3. The Bertz CT molecular complexity index is 1260. The number of carbonyl (C=O) groups is 1. The standard InChI is InChI=1S/C27H23N3O3/c31-22-10-6-19(7-11-22)14-21-16-28-26-24(15-18-4-2-1-3-5-18)29-25(17-30(26)27(21)33)20-8-12-23(32)13-9-20/h1-13,16-17,21,29,31-32H,14-15H2. The molecule has 3 aromatic rings. The predicted octanol–water partition coefficient (Wildman–Crippen LogP) is 4.18. The Balaban J connectivity index is 1.50. The van der Waals surface area contributed by atoms with Crippen LogP contribution in [-0.4, -0.2) is 27.2 Å². The molecule has 0 radical (unpaired) electrons. The van der Waals surface area contributed by atoms with Gasteiger partial charge in [-0.25, -0.2) is 4.99 Å². The van der Waals surface area contributed by atoms with E-state index < -0.39 is 5.92 Å². The maximum absolute atomic E-state index is 13.5. The third-order valence-electron chi connectivity index (χ3n) is 5.77. The fourth-order valence-corrected chi connectivity index (χ4v) is 4.03. The molecule has 0 spiro atoms. The number of nitrogens with zero attached hydrogens (tertiary/aromatic N) is 2. The van der Waals surface area contributed by atoms with Gasteiger partial charge in [0, 0.05) is 18.8 Å². The average Bonchev–Trinajstić information content (AvgIpc) is 2.83. The van der Waals surface area contributed by atoms with E-state index in [2.05, 4.69) is 10.3 Å². The molecule has 5 rings (SSSR count). The first-order valence-corrected chi connectivity index (χ1v) is 10.8. The van der Waals surface area contributed by atoms with Crippen molar-refractivity contribution < 1.29 is 15.0 Å². The largest absolute Gasteiger partial charge is 0.508 e. The third-order valence-corrected chi connectivity index (χ3v) is 5.77. The smallest absolute Gasteiger partial charge is 0.241 e. The number of hydrogen-bond acceptors (Lipinski definition) is 5. The van der Waals surface area contributed by atoms with E-state index in [1.165, 1.54) is 0 Å². The van der Waals surface area contributed by atoms with Crippen LogP contribution >= 0.6 is 0 Å². The fourth-order valence-electron chi connectivity index (χ4n) is 4.03. The molecule has 0 saturated heterocycles. The van der Waals surface area contributed by atoms with Crippen molar-refractivity contribution >= 4 is 17.8 Å². The van der Waals surface area contributed by atoms with E-state index >= 15 is 0 Å². The molecule has 1 atom stereocenters. The lowest BCUT2D eigenvalue weighted by molar-refractivity contribution is -0.129. The van der Waals surface area contributed by atoms with Gasteiger partial charge in [-0.05, 0) is 59.5 Å². The highest BCUT2D eigenvalue weighted by Gasteiger charge is 2.33. The van der Waals surface area contributed by atoms with Crippen molar-refractivity contribution in [1.29, 1.82) is 0 Å². The number of carbonyl (C=O) groups excluding carboxylic acids is 1. The molecule has 164 valence electrons. The van der Waals surface area contributed by atoms with Crippen molar-refractivity contribution in [2.45, 2.75) is 12.8 Å². The highest BCUT2D eigenvalue weighted by Crippen LogP contribution is 2.31. The molecule has 0 aliphatic carbocycles. The monoisotopic (exact) mass is 437 g/mol. The Hall–Kier alpha value is -4.32. The Morgan fingerprint density at radius 2 is 1.52 bits per heavy atom. The molecular weight excluding hydrogens is 414 g/mol. The zero-order valence-electron chi connectivity index (χ0n) is 17.8. The first-order chi connectivity index (χ1) is 16.1. The van der Waals surface area contributed by atoms with E-state index in [4.69, 9.17) is 0 Å². The Kier molecular flexibility index (Phi) is 5.40. The van der Waals surface area contributed by atoms with Gasteiger partial charge in [-0.2, -0.15) is 0 Å². The summed E-state index contributed by atoms with van der Waals surface area (Å²) < 4.78 is 0. The number of phenols is 2. The van der Waals surface area contributed by atoms with Crippen molar-refractivity contribution in [2.24, 2.45) is 10.9 Å². The summed E-state index contributed by atoms with van der Waals surface area (Å²) in [4.78, 5) is 19.8. The van der Waals surface area contributed by atoms with Gasteiger partial charge in [-0.15, -0.1) is 0 Å². The summed E-state index contributed by atoms with van der Waals surface area (Å²) in [6.45, 7) is 0. The van der Waals surface area contributed by atoms with E-state index in [0.29, 0.717) is 18.7 Å². The molecular formula is C27H23N3O3. The molecule has 3 N–H and O–H groups in total. The SMILES string of the molecule is O=C1C(Cc2ccc(O)cc2)C=NC2=C(Cc3ccccc3)NC(c3ccc(O)cc3)=CN12. The van der Waals surface area contributed by atoms with E-state index in [9.17, 15) is 15.0 Å². The molecule has 2 aliphatic rings. The highest BCUT2D eigenvalue weighted by atomic mass is 16.3.